The summed E-state index contributed by atoms with van der Waals surface area (Å²) in [5, 5.41) is 0. The van der Waals surface area contributed by atoms with Crippen LogP contribution in [0.4, 0.5) is 0 Å². The highest BCUT2D eigenvalue weighted by atomic mass is 15.3. The van der Waals surface area contributed by atoms with E-state index in [9.17, 15) is 0 Å². The minimum Gasteiger partial charge on any atom is -0.329 e. The van der Waals surface area contributed by atoms with Crippen molar-refractivity contribution in [1.29, 1.82) is 0 Å². The molecule has 3 saturated heterocycles. The molecule has 0 spiro atoms. The maximum absolute atomic E-state index is 5.62. The largest absolute Gasteiger partial charge is 0.329 e. The molecule has 3 heterocycles. The number of piperazine rings is 3. The van der Waals surface area contributed by atoms with E-state index in [0.29, 0.717) is 6.04 Å². The fraction of sp³-hybridized carbons (Fsp3) is 1.00. The van der Waals surface area contributed by atoms with Crippen LogP contribution in [-0.4, -0.2) is 55.1 Å². The number of nitrogens with zero attached hydrogens (tertiary/aromatic N) is 2. The van der Waals surface area contributed by atoms with Crippen LogP contribution in [0.15, 0.2) is 0 Å². The van der Waals surface area contributed by atoms with Gasteiger partial charge in [0.15, 0.2) is 0 Å². The molecular weight excluding hydrogens is 126 g/mol. The maximum Gasteiger partial charge on any atom is 0.0346 e. The second-order valence-corrected chi connectivity index (χ2v) is 3.23. The zero-order valence-corrected chi connectivity index (χ0v) is 6.29. The van der Waals surface area contributed by atoms with Crippen LogP contribution in [0, 0.1) is 0 Å². The molecule has 1 unspecified atom stereocenters. The lowest BCUT2D eigenvalue weighted by atomic mass is 10.1. The molecule has 2 bridgehead atoms. The summed E-state index contributed by atoms with van der Waals surface area (Å²) in [5.74, 6) is 0. The van der Waals surface area contributed by atoms with Crippen molar-refractivity contribution in [3.05, 3.63) is 0 Å². The van der Waals surface area contributed by atoms with Gasteiger partial charge in [-0.2, -0.15) is 0 Å². The number of nitrogens with two attached hydrogens (primary N) is 1. The van der Waals surface area contributed by atoms with Crippen LogP contribution in [0.5, 0.6) is 0 Å². The van der Waals surface area contributed by atoms with Crippen LogP contribution in [0.3, 0.4) is 0 Å². The second-order valence-electron chi connectivity index (χ2n) is 3.23. The van der Waals surface area contributed by atoms with Gasteiger partial charge in [-0.15, -0.1) is 0 Å². The van der Waals surface area contributed by atoms with E-state index in [0.717, 1.165) is 6.54 Å². The van der Waals surface area contributed by atoms with Crippen molar-refractivity contribution in [1.82, 2.24) is 9.80 Å². The number of hydrogen-bond donors (Lipinski definition) is 1. The van der Waals surface area contributed by atoms with E-state index in [-0.39, 0.29) is 0 Å². The third-order valence-corrected chi connectivity index (χ3v) is 2.66. The maximum atomic E-state index is 5.62. The van der Waals surface area contributed by atoms with Gasteiger partial charge in [0.1, 0.15) is 0 Å². The number of rotatable bonds is 1. The summed E-state index contributed by atoms with van der Waals surface area (Å²) in [4.78, 5) is 5.03. The molecule has 10 heavy (non-hydrogen) atoms. The Morgan fingerprint density at radius 3 is 2.20 bits per heavy atom. The highest BCUT2D eigenvalue weighted by Gasteiger charge is 2.30. The fourth-order valence-electron chi connectivity index (χ4n) is 1.95. The highest BCUT2D eigenvalue weighted by molar-refractivity contribution is 4.88. The Kier molecular flexibility index (Phi) is 1.64. The van der Waals surface area contributed by atoms with Crippen molar-refractivity contribution in [3.8, 4) is 0 Å². The van der Waals surface area contributed by atoms with E-state index < -0.39 is 0 Å². The van der Waals surface area contributed by atoms with Gasteiger partial charge in [-0.1, -0.05) is 0 Å². The molecule has 3 rings (SSSR count). The Bertz CT molecular complexity index is 118. The molecule has 0 aromatic rings. The average Bonchev–Trinajstić information content (AvgIpc) is 2.06. The van der Waals surface area contributed by atoms with Crippen LogP contribution in [-0.2, 0) is 0 Å². The average molecular weight is 141 g/mol. The Hall–Kier alpha value is -0.120. The molecule has 3 aliphatic heterocycles. The third-order valence-electron chi connectivity index (χ3n) is 2.66. The lowest BCUT2D eigenvalue weighted by molar-refractivity contribution is 0.0172. The summed E-state index contributed by atoms with van der Waals surface area (Å²) >= 11 is 0. The zero-order valence-electron chi connectivity index (χ0n) is 6.29. The smallest absolute Gasteiger partial charge is 0.0346 e. The molecule has 0 aliphatic carbocycles. The highest BCUT2D eigenvalue weighted by Crippen LogP contribution is 2.13. The molecule has 0 aromatic heterocycles. The van der Waals surface area contributed by atoms with Crippen LogP contribution in [0.1, 0.15) is 0 Å². The summed E-state index contributed by atoms with van der Waals surface area (Å²) < 4.78 is 0. The van der Waals surface area contributed by atoms with E-state index in [2.05, 4.69) is 9.80 Å². The van der Waals surface area contributed by atoms with Gasteiger partial charge in [-0.25, -0.2) is 0 Å². The Balaban J connectivity index is 2.01. The van der Waals surface area contributed by atoms with E-state index in [1.165, 1.54) is 32.7 Å². The Labute approximate surface area is 61.8 Å². The van der Waals surface area contributed by atoms with Crippen molar-refractivity contribution >= 4 is 0 Å². The number of hydrogen-bond acceptors (Lipinski definition) is 3. The normalized spacial score (nSPS) is 45.9. The summed E-state index contributed by atoms with van der Waals surface area (Å²) in [7, 11) is 0. The van der Waals surface area contributed by atoms with Gasteiger partial charge in [0, 0.05) is 45.3 Å². The number of fused-ring (bicyclic) bond motifs is 3. The lowest BCUT2D eigenvalue weighted by Crippen LogP contribution is -2.62. The molecule has 3 fully saturated rings. The van der Waals surface area contributed by atoms with E-state index in [1.54, 1.807) is 0 Å². The van der Waals surface area contributed by atoms with Crippen molar-refractivity contribution in [2.45, 2.75) is 6.04 Å². The third kappa shape index (κ3) is 0.944. The first-order valence-electron chi connectivity index (χ1n) is 4.06. The Morgan fingerprint density at radius 2 is 1.90 bits per heavy atom. The topological polar surface area (TPSA) is 32.5 Å². The van der Waals surface area contributed by atoms with Crippen LogP contribution in [0.25, 0.3) is 0 Å². The molecule has 3 nitrogen and oxygen atoms in total. The zero-order chi connectivity index (χ0) is 6.97. The molecule has 58 valence electrons. The lowest BCUT2D eigenvalue weighted by Gasteiger charge is -2.47. The molecule has 3 aliphatic rings. The van der Waals surface area contributed by atoms with Crippen molar-refractivity contribution in [3.63, 3.8) is 0 Å². The first-order valence-corrected chi connectivity index (χ1v) is 4.06. The second kappa shape index (κ2) is 2.49. The minimum absolute atomic E-state index is 0.655. The molecule has 0 radical (unpaired) electrons. The summed E-state index contributed by atoms with van der Waals surface area (Å²) in [6.45, 7) is 7.03. The first kappa shape index (κ1) is 6.58. The summed E-state index contributed by atoms with van der Waals surface area (Å²) in [6.07, 6.45) is 0. The predicted molar refractivity (Wildman–Crippen MR) is 40.9 cm³/mol. The minimum atomic E-state index is 0.655. The molecule has 0 amide bonds. The van der Waals surface area contributed by atoms with Crippen molar-refractivity contribution in [2.24, 2.45) is 5.73 Å². The molecule has 0 aromatic carbocycles. The van der Waals surface area contributed by atoms with Gasteiger partial charge in [-0.05, 0) is 0 Å². The van der Waals surface area contributed by atoms with Crippen LogP contribution >= 0.6 is 0 Å². The van der Waals surface area contributed by atoms with E-state index in [1.807, 2.05) is 0 Å². The molecule has 1 atom stereocenters. The summed E-state index contributed by atoms with van der Waals surface area (Å²) in [5.41, 5.74) is 5.62. The van der Waals surface area contributed by atoms with Gasteiger partial charge >= 0.3 is 0 Å². The van der Waals surface area contributed by atoms with Crippen molar-refractivity contribution < 1.29 is 0 Å². The molecule has 2 N–H and O–H groups in total. The van der Waals surface area contributed by atoms with Gasteiger partial charge in [0.2, 0.25) is 0 Å². The summed E-state index contributed by atoms with van der Waals surface area (Å²) in [6, 6.07) is 0.655. The van der Waals surface area contributed by atoms with Crippen LogP contribution in [0.2, 0.25) is 0 Å². The standard InChI is InChI=1S/C7H15N3/c8-5-7-6-9-1-3-10(7)4-2-9/h7H,1-6,8H2. The SMILES string of the molecule is NCC1CN2CCN1CC2. The Morgan fingerprint density at radius 1 is 1.20 bits per heavy atom. The quantitative estimate of drug-likeness (QED) is 0.505. The first-order chi connectivity index (χ1) is 4.90. The predicted octanol–water partition coefficient (Wildman–Crippen LogP) is -1.06. The monoisotopic (exact) mass is 141 g/mol. The van der Waals surface area contributed by atoms with Crippen molar-refractivity contribution in [2.75, 3.05) is 39.3 Å². The molecule has 0 saturated carbocycles. The molecule has 3 heteroatoms. The van der Waals surface area contributed by atoms with E-state index >= 15 is 0 Å². The fourth-order valence-corrected chi connectivity index (χ4v) is 1.95. The van der Waals surface area contributed by atoms with Gasteiger partial charge < -0.3 is 5.73 Å². The van der Waals surface area contributed by atoms with Gasteiger partial charge in [-0.3, -0.25) is 9.80 Å². The van der Waals surface area contributed by atoms with E-state index in [4.69, 9.17) is 5.73 Å². The van der Waals surface area contributed by atoms with Crippen LogP contribution < -0.4 is 5.73 Å². The molecular formula is C7H15N3. The van der Waals surface area contributed by atoms with Gasteiger partial charge in [0.25, 0.3) is 0 Å². The van der Waals surface area contributed by atoms with Gasteiger partial charge in [0.05, 0.1) is 0 Å².